The maximum absolute atomic E-state index is 12.1. The van der Waals surface area contributed by atoms with Gasteiger partial charge >= 0.3 is 10.1 Å². The Labute approximate surface area is 165 Å². The van der Waals surface area contributed by atoms with Crippen molar-refractivity contribution in [1.82, 2.24) is 0 Å². The molecule has 0 fully saturated rings. The predicted octanol–water partition coefficient (Wildman–Crippen LogP) is 5.29. The van der Waals surface area contributed by atoms with Crippen LogP contribution in [0.25, 0.3) is 0 Å². The number of thioether (sulfide) groups is 2. The summed E-state index contributed by atoms with van der Waals surface area (Å²) in [5, 5.41) is 4.33. The predicted molar refractivity (Wildman–Crippen MR) is 113 cm³/mol. The number of ether oxygens (including phenoxy) is 1. The largest absolute Gasteiger partial charge is 0.497 e. The van der Waals surface area contributed by atoms with Gasteiger partial charge in [-0.25, -0.2) is 0 Å². The van der Waals surface area contributed by atoms with Gasteiger partial charge in [-0.05, 0) is 67.4 Å². The third kappa shape index (κ3) is 9.54. The summed E-state index contributed by atoms with van der Waals surface area (Å²) < 4.78 is 33.9. The molecule has 0 unspecified atom stereocenters. The van der Waals surface area contributed by atoms with E-state index in [1.807, 2.05) is 18.7 Å². The first-order valence-electron chi connectivity index (χ1n) is 8.38. The number of allylic oxidation sites excluding steroid dienone is 1. The Kier molecular flexibility index (Phi) is 10.8. The molecule has 8 heteroatoms. The zero-order valence-electron chi connectivity index (χ0n) is 15.6. The lowest BCUT2D eigenvalue weighted by Crippen LogP contribution is -2.03. The lowest BCUT2D eigenvalue weighted by molar-refractivity contribution is 0.340. The second-order valence-corrected chi connectivity index (χ2v) is 9.84. The second-order valence-electron chi connectivity index (χ2n) is 5.63. The summed E-state index contributed by atoms with van der Waals surface area (Å²) in [6.07, 6.45) is 4.61. The number of unbranched alkanes of at least 4 members (excludes halogenated alkanes) is 3. The molecule has 26 heavy (non-hydrogen) atoms. The van der Waals surface area contributed by atoms with Gasteiger partial charge in [0.2, 0.25) is 0 Å². The first kappa shape index (κ1) is 22.9. The monoisotopic (exact) mass is 417 g/mol. The normalized spacial score (nSPS) is 12.0. The Bertz CT molecular complexity index is 685. The standard InChI is InChI=1S/C18H27NO4S3/c1-15(2)24-13-7-5-6-8-14-25-16(3)19-23-26(20,21)18-11-9-17(22-4)10-12-18/h9-12H,1,5-8,13-14H2,2-4H3/b19-16-. The smallest absolute Gasteiger partial charge is 0.358 e. The SMILES string of the molecule is C=C(C)SCCCCCCS/C(C)=N\OS(=O)(=O)c1ccc(OC)cc1. The number of benzene rings is 1. The molecular formula is C18H27NO4S3. The van der Waals surface area contributed by atoms with Gasteiger partial charge in [-0.3, -0.25) is 4.28 Å². The Morgan fingerprint density at radius 1 is 1.04 bits per heavy atom. The zero-order chi connectivity index (χ0) is 19.4. The molecule has 0 aliphatic carbocycles. The highest BCUT2D eigenvalue weighted by molar-refractivity contribution is 8.13. The molecule has 1 aromatic carbocycles. The summed E-state index contributed by atoms with van der Waals surface area (Å²) in [6.45, 7) is 7.65. The average Bonchev–Trinajstić information content (AvgIpc) is 2.62. The number of oxime groups is 1. The molecule has 0 spiro atoms. The van der Waals surface area contributed by atoms with Gasteiger partial charge in [0.05, 0.1) is 7.11 Å². The lowest BCUT2D eigenvalue weighted by Gasteiger charge is -2.05. The van der Waals surface area contributed by atoms with Crippen LogP contribution in [-0.2, 0) is 14.4 Å². The lowest BCUT2D eigenvalue weighted by atomic mass is 10.2. The molecule has 0 aliphatic rings. The summed E-state index contributed by atoms with van der Waals surface area (Å²) in [4.78, 5) is 1.21. The quantitative estimate of drug-likeness (QED) is 0.199. The highest BCUT2D eigenvalue weighted by Gasteiger charge is 2.15. The van der Waals surface area contributed by atoms with E-state index in [2.05, 4.69) is 11.7 Å². The van der Waals surface area contributed by atoms with Crippen molar-refractivity contribution in [2.45, 2.75) is 44.4 Å². The van der Waals surface area contributed by atoms with Gasteiger partial charge in [0.25, 0.3) is 0 Å². The third-order valence-corrected chi connectivity index (χ3v) is 6.40. The first-order valence-corrected chi connectivity index (χ1v) is 11.8. The van der Waals surface area contributed by atoms with E-state index >= 15 is 0 Å². The van der Waals surface area contributed by atoms with Gasteiger partial charge in [-0.1, -0.05) is 24.6 Å². The molecule has 0 radical (unpaired) electrons. The van der Waals surface area contributed by atoms with Crippen LogP contribution in [0.4, 0.5) is 0 Å². The number of rotatable bonds is 12. The molecular weight excluding hydrogens is 390 g/mol. The van der Waals surface area contributed by atoms with Crippen LogP contribution in [0.15, 0.2) is 45.8 Å². The van der Waals surface area contributed by atoms with Gasteiger partial charge in [0.15, 0.2) is 0 Å². The van der Waals surface area contributed by atoms with E-state index in [1.54, 1.807) is 19.1 Å². The number of hydrogen-bond donors (Lipinski definition) is 0. The summed E-state index contributed by atoms with van der Waals surface area (Å²) in [5.74, 6) is 2.60. The molecule has 0 heterocycles. The van der Waals surface area contributed by atoms with E-state index in [4.69, 9.17) is 9.02 Å². The fourth-order valence-corrected chi connectivity index (χ4v) is 4.18. The summed E-state index contributed by atoms with van der Waals surface area (Å²) in [7, 11) is -2.38. The van der Waals surface area contributed by atoms with Crippen molar-refractivity contribution in [3.05, 3.63) is 35.7 Å². The van der Waals surface area contributed by atoms with Crippen LogP contribution in [0.1, 0.15) is 39.5 Å². The van der Waals surface area contributed by atoms with Gasteiger partial charge < -0.3 is 4.74 Å². The average molecular weight is 418 g/mol. The van der Waals surface area contributed by atoms with Gasteiger partial charge in [-0.15, -0.1) is 23.5 Å². The third-order valence-electron chi connectivity index (χ3n) is 3.31. The van der Waals surface area contributed by atoms with E-state index in [-0.39, 0.29) is 4.90 Å². The topological polar surface area (TPSA) is 65.0 Å². The highest BCUT2D eigenvalue weighted by atomic mass is 32.2. The molecule has 0 bridgehead atoms. The van der Waals surface area contributed by atoms with Crippen LogP contribution >= 0.6 is 23.5 Å². The molecule has 0 saturated carbocycles. The van der Waals surface area contributed by atoms with Crippen LogP contribution in [0.5, 0.6) is 5.75 Å². The molecule has 0 amide bonds. The minimum absolute atomic E-state index is 0.0486. The Balaban J connectivity index is 2.28. The van der Waals surface area contributed by atoms with E-state index in [0.717, 1.165) is 29.3 Å². The molecule has 0 aliphatic heterocycles. The van der Waals surface area contributed by atoms with Crippen molar-refractivity contribution in [1.29, 1.82) is 0 Å². The maximum atomic E-state index is 12.1. The van der Waals surface area contributed by atoms with Crippen LogP contribution in [0, 0.1) is 0 Å². The molecule has 146 valence electrons. The van der Waals surface area contributed by atoms with Crippen molar-refractivity contribution < 1.29 is 17.4 Å². The van der Waals surface area contributed by atoms with Crippen LogP contribution in [-0.4, -0.2) is 32.1 Å². The van der Waals surface area contributed by atoms with Crippen molar-refractivity contribution in [2.75, 3.05) is 18.6 Å². The first-order chi connectivity index (χ1) is 12.3. The minimum atomic E-state index is -3.90. The molecule has 0 atom stereocenters. The highest BCUT2D eigenvalue weighted by Crippen LogP contribution is 2.19. The molecule has 1 rings (SSSR count). The molecule has 0 aromatic heterocycles. The Morgan fingerprint density at radius 2 is 1.62 bits per heavy atom. The summed E-state index contributed by atoms with van der Waals surface area (Å²) in [6, 6.07) is 5.99. The molecule has 0 saturated heterocycles. The van der Waals surface area contributed by atoms with Crippen molar-refractivity contribution in [2.24, 2.45) is 5.16 Å². The minimum Gasteiger partial charge on any atom is -0.497 e. The van der Waals surface area contributed by atoms with E-state index < -0.39 is 10.1 Å². The van der Waals surface area contributed by atoms with Crippen molar-refractivity contribution in [3.8, 4) is 5.75 Å². The van der Waals surface area contributed by atoms with E-state index in [1.165, 1.54) is 43.8 Å². The van der Waals surface area contributed by atoms with Gasteiger partial charge in [-0.2, -0.15) is 8.42 Å². The van der Waals surface area contributed by atoms with E-state index in [0.29, 0.717) is 10.8 Å². The summed E-state index contributed by atoms with van der Waals surface area (Å²) in [5.41, 5.74) is 0. The van der Waals surface area contributed by atoms with Crippen molar-refractivity contribution in [3.63, 3.8) is 0 Å². The van der Waals surface area contributed by atoms with Gasteiger partial charge in [0, 0.05) is 0 Å². The molecule has 1 aromatic rings. The molecule has 0 N–H and O–H groups in total. The van der Waals surface area contributed by atoms with Crippen LogP contribution < -0.4 is 4.74 Å². The maximum Gasteiger partial charge on any atom is 0.358 e. The number of methoxy groups -OCH3 is 1. The fourth-order valence-electron chi connectivity index (χ4n) is 1.94. The van der Waals surface area contributed by atoms with Crippen LogP contribution in [0.2, 0.25) is 0 Å². The van der Waals surface area contributed by atoms with Crippen molar-refractivity contribution >= 4 is 38.7 Å². The number of hydrogen-bond acceptors (Lipinski definition) is 7. The van der Waals surface area contributed by atoms with Gasteiger partial charge in [0.1, 0.15) is 15.7 Å². The second kappa shape index (κ2) is 12.3. The fraction of sp³-hybridized carbons (Fsp3) is 0.500. The summed E-state index contributed by atoms with van der Waals surface area (Å²) >= 11 is 3.32. The zero-order valence-corrected chi connectivity index (χ0v) is 18.0. The Morgan fingerprint density at radius 3 is 2.15 bits per heavy atom. The van der Waals surface area contributed by atoms with E-state index in [9.17, 15) is 8.42 Å². The molecule has 5 nitrogen and oxygen atoms in total. The van der Waals surface area contributed by atoms with Crippen LogP contribution in [0.3, 0.4) is 0 Å². The number of nitrogens with zero attached hydrogens (tertiary/aromatic N) is 1. The Hall–Kier alpha value is -1.12.